The lowest BCUT2D eigenvalue weighted by Gasteiger charge is -2.15. The van der Waals surface area contributed by atoms with Crippen LogP contribution in [-0.4, -0.2) is 31.1 Å². The van der Waals surface area contributed by atoms with Crippen molar-refractivity contribution in [1.29, 1.82) is 0 Å². The van der Waals surface area contributed by atoms with Crippen molar-refractivity contribution in [3.8, 4) is 0 Å². The molecule has 1 aromatic rings. The van der Waals surface area contributed by atoms with Crippen LogP contribution in [0.25, 0.3) is 0 Å². The van der Waals surface area contributed by atoms with E-state index in [4.69, 9.17) is 5.73 Å². The summed E-state index contributed by atoms with van der Waals surface area (Å²) in [6.45, 7) is 1.40. The van der Waals surface area contributed by atoms with Crippen LogP contribution in [0.4, 0.5) is 8.78 Å². The molecule has 1 saturated heterocycles. The largest absolute Gasteiger partial charge is 0.326 e. The van der Waals surface area contributed by atoms with Gasteiger partial charge in [-0.25, -0.2) is 8.78 Å². The van der Waals surface area contributed by atoms with Gasteiger partial charge in [0.1, 0.15) is 11.6 Å². The molecule has 1 aliphatic heterocycles. The fraction of sp³-hybridized carbons (Fsp3) is 0.455. The van der Waals surface area contributed by atoms with E-state index in [1.807, 2.05) is 11.9 Å². The summed E-state index contributed by atoms with van der Waals surface area (Å²) in [7, 11) is 1.93. The van der Waals surface area contributed by atoms with Crippen molar-refractivity contribution in [2.24, 2.45) is 5.73 Å². The summed E-state index contributed by atoms with van der Waals surface area (Å²) in [5.74, 6) is -0.883. The van der Waals surface area contributed by atoms with Crippen molar-refractivity contribution in [3.63, 3.8) is 0 Å². The minimum absolute atomic E-state index is 0.106. The minimum Gasteiger partial charge on any atom is -0.326 e. The summed E-state index contributed by atoms with van der Waals surface area (Å²) in [6, 6.07) is 3.42. The zero-order valence-corrected chi connectivity index (χ0v) is 8.58. The smallest absolute Gasteiger partial charge is 0.126 e. The van der Waals surface area contributed by atoms with Crippen LogP contribution in [0.1, 0.15) is 11.5 Å². The van der Waals surface area contributed by atoms with Crippen LogP contribution in [0.15, 0.2) is 18.2 Å². The van der Waals surface area contributed by atoms with Gasteiger partial charge in [-0.1, -0.05) is 0 Å². The predicted octanol–water partition coefficient (Wildman–Crippen LogP) is 1.32. The van der Waals surface area contributed by atoms with Crippen LogP contribution in [0.3, 0.4) is 0 Å². The maximum absolute atomic E-state index is 13.5. The van der Waals surface area contributed by atoms with Crippen molar-refractivity contribution in [3.05, 3.63) is 35.4 Å². The number of rotatable bonds is 1. The van der Waals surface area contributed by atoms with Crippen molar-refractivity contribution >= 4 is 0 Å². The van der Waals surface area contributed by atoms with Gasteiger partial charge in [-0.05, 0) is 30.8 Å². The Morgan fingerprint density at radius 1 is 1.33 bits per heavy atom. The van der Waals surface area contributed by atoms with Crippen molar-refractivity contribution in [2.75, 3.05) is 20.1 Å². The van der Waals surface area contributed by atoms with Crippen LogP contribution in [0, 0.1) is 11.6 Å². The SMILES string of the molecule is CN1CC(N)C(c2cc(F)ccc2F)C1. The molecule has 0 bridgehead atoms. The van der Waals surface area contributed by atoms with Crippen LogP contribution in [0.2, 0.25) is 0 Å². The first kappa shape index (κ1) is 10.5. The molecule has 4 heteroatoms. The zero-order chi connectivity index (χ0) is 11.0. The number of hydrogen-bond donors (Lipinski definition) is 1. The van der Waals surface area contributed by atoms with E-state index in [9.17, 15) is 8.78 Å². The summed E-state index contributed by atoms with van der Waals surface area (Å²) in [5, 5.41) is 0. The molecule has 0 radical (unpaired) electrons. The number of halogens is 2. The van der Waals surface area contributed by atoms with Gasteiger partial charge in [-0.15, -0.1) is 0 Å². The first-order valence-electron chi connectivity index (χ1n) is 4.97. The summed E-state index contributed by atoms with van der Waals surface area (Å²) in [6.07, 6.45) is 0. The Morgan fingerprint density at radius 3 is 2.67 bits per heavy atom. The van der Waals surface area contributed by atoms with E-state index < -0.39 is 5.82 Å². The summed E-state index contributed by atoms with van der Waals surface area (Å²) < 4.78 is 26.5. The standard InChI is InChI=1S/C11H14F2N2/c1-15-5-9(11(14)6-15)8-4-7(12)2-3-10(8)13/h2-4,9,11H,5-6,14H2,1H3. The van der Waals surface area contributed by atoms with Gasteiger partial charge in [0.25, 0.3) is 0 Å². The molecule has 0 saturated carbocycles. The van der Waals surface area contributed by atoms with Crippen LogP contribution < -0.4 is 5.73 Å². The Kier molecular flexibility index (Phi) is 2.71. The predicted molar refractivity (Wildman–Crippen MR) is 54.6 cm³/mol. The molecule has 1 aliphatic rings. The van der Waals surface area contributed by atoms with Gasteiger partial charge >= 0.3 is 0 Å². The Labute approximate surface area is 87.7 Å². The van der Waals surface area contributed by atoms with Gasteiger partial charge in [0.05, 0.1) is 0 Å². The molecule has 2 N–H and O–H groups in total. The molecule has 0 aliphatic carbocycles. The van der Waals surface area contributed by atoms with Crippen LogP contribution in [0.5, 0.6) is 0 Å². The molecule has 15 heavy (non-hydrogen) atoms. The first-order chi connectivity index (χ1) is 7.08. The second-order valence-electron chi connectivity index (χ2n) is 4.16. The molecule has 1 fully saturated rings. The van der Waals surface area contributed by atoms with Gasteiger partial charge in [0, 0.05) is 25.0 Å². The van der Waals surface area contributed by atoms with E-state index in [0.29, 0.717) is 12.1 Å². The quantitative estimate of drug-likeness (QED) is 0.760. The monoisotopic (exact) mass is 212 g/mol. The van der Waals surface area contributed by atoms with E-state index >= 15 is 0 Å². The average molecular weight is 212 g/mol. The second kappa shape index (κ2) is 3.87. The fourth-order valence-electron chi connectivity index (χ4n) is 2.16. The highest BCUT2D eigenvalue weighted by Crippen LogP contribution is 2.28. The van der Waals surface area contributed by atoms with Gasteiger partial charge in [-0.3, -0.25) is 0 Å². The van der Waals surface area contributed by atoms with E-state index in [0.717, 1.165) is 18.7 Å². The summed E-state index contributed by atoms with van der Waals surface area (Å²) in [4.78, 5) is 2.03. The fourth-order valence-corrected chi connectivity index (χ4v) is 2.16. The number of nitrogens with two attached hydrogens (primary N) is 1. The molecular weight excluding hydrogens is 198 g/mol. The zero-order valence-electron chi connectivity index (χ0n) is 8.58. The highest BCUT2D eigenvalue weighted by Gasteiger charge is 2.31. The van der Waals surface area contributed by atoms with E-state index in [1.165, 1.54) is 6.07 Å². The van der Waals surface area contributed by atoms with E-state index in [1.54, 1.807) is 0 Å². The van der Waals surface area contributed by atoms with Crippen molar-refractivity contribution in [1.82, 2.24) is 4.90 Å². The van der Waals surface area contributed by atoms with E-state index in [2.05, 4.69) is 0 Å². The first-order valence-corrected chi connectivity index (χ1v) is 4.97. The third-order valence-electron chi connectivity index (χ3n) is 2.91. The maximum Gasteiger partial charge on any atom is 0.126 e. The van der Waals surface area contributed by atoms with Crippen molar-refractivity contribution in [2.45, 2.75) is 12.0 Å². The lowest BCUT2D eigenvalue weighted by atomic mass is 9.94. The lowest BCUT2D eigenvalue weighted by Crippen LogP contribution is -2.28. The minimum atomic E-state index is -0.409. The third kappa shape index (κ3) is 2.01. The molecule has 2 atom stereocenters. The molecule has 2 rings (SSSR count). The Hall–Kier alpha value is -1.00. The number of nitrogens with zero attached hydrogens (tertiary/aromatic N) is 1. The van der Waals surface area contributed by atoms with Crippen molar-refractivity contribution < 1.29 is 8.78 Å². The van der Waals surface area contributed by atoms with E-state index in [-0.39, 0.29) is 17.8 Å². The third-order valence-corrected chi connectivity index (χ3v) is 2.91. The Morgan fingerprint density at radius 2 is 2.07 bits per heavy atom. The van der Waals surface area contributed by atoms with Gasteiger partial charge in [0.2, 0.25) is 0 Å². The number of likely N-dealkylation sites (N-methyl/N-ethyl adjacent to an activating group) is 1. The number of hydrogen-bond acceptors (Lipinski definition) is 2. The molecule has 1 aromatic carbocycles. The highest BCUT2D eigenvalue weighted by atomic mass is 19.1. The number of likely N-dealkylation sites (tertiary alicyclic amines) is 1. The summed E-state index contributed by atoms with van der Waals surface area (Å²) >= 11 is 0. The Balaban J connectivity index is 2.32. The molecule has 2 nitrogen and oxygen atoms in total. The highest BCUT2D eigenvalue weighted by molar-refractivity contribution is 5.26. The lowest BCUT2D eigenvalue weighted by molar-refractivity contribution is 0.406. The molecular formula is C11H14F2N2. The molecule has 0 spiro atoms. The molecule has 0 aromatic heterocycles. The number of benzene rings is 1. The van der Waals surface area contributed by atoms with Gasteiger partial charge in [0.15, 0.2) is 0 Å². The molecule has 0 amide bonds. The summed E-state index contributed by atoms with van der Waals surface area (Å²) in [5.41, 5.74) is 6.28. The average Bonchev–Trinajstić information content (AvgIpc) is 2.50. The molecule has 82 valence electrons. The molecule has 2 unspecified atom stereocenters. The Bertz CT molecular complexity index is 368. The van der Waals surface area contributed by atoms with Gasteiger partial charge < -0.3 is 10.6 Å². The maximum atomic E-state index is 13.5. The van der Waals surface area contributed by atoms with Crippen LogP contribution >= 0.6 is 0 Å². The normalized spacial score (nSPS) is 27.2. The second-order valence-corrected chi connectivity index (χ2v) is 4.16. The van der Waals surface area contributed by atoms with Crippen LogP contribution in [-0.2, 0) is 0 Å². The van der Waals surface area contributed by atoms with Gasteiger partial charge in [-0.2, -0.15) is 0 Å². The topological polar surface area (TPSA) is 29.3 Å². The molecule has 1 heterocycles.